The molecule has 2 aliphatic heterocycles. The van der Waals surface area contributed by atoms with E-state index in [-0.39, 0.29) is 17.9 Å². The number of amides is 2. The molecule has 2 amide bonds. The number of benzene rings is 1. The third-order valence-electron chi connectivity index (χ3n) is 4.18. The van der Waals surface area contributed by atoms with Crippen LogP contribution in [-0.4, -0.2) is 35.8 Å². The molecule has 3 rings (SSSR count). The number of piperidine rings is 2. The lowest BCUT2D eigenvalue weighted by atomic mass is 9.85. The first-order valence-electron chi connectivity index (χ1n) is 6.97. The molecule has 2 unspecified atom stereocenters. The van der Waals surface area contributed by atoms with Crippen LogP contribution in [0.25, 0.3) is 0 Å². The Bertz CT molecular complexity index is 546. The molecule has 0 aliphatic carbocycles. The summed E-state index contributed by atoms with van der Waals surface area (Å²) < 4.78 is 0. The number of fused-ring (bicyclic) bond motifs is 1. The number of likely N-dealkylation sites (tertiary alicyclic amines) is 1. The Labute approximate surface area is 123 Å². The number of nitrogens with zero attached hydrogens (tertiary/aromatic N) is 1. The van der Waals surface area contributed by atoms with Gasteiger partial charge in [0.1, 0.15) is 0 Å². The molecular formula is C15H17ClN2O2. The third-order valence-corrected chi connectivity index (χ3v) is 4.42. The lowest BCUT2D eigenvalue weighted by molar-refractivity contribution is -0.125. The van der Waals surface area contributed by atoms with Crippen molar-refractivity contribution >= 4 is 23.4 Å². The summed E-state index contributed by atoms with van der Waals surface area (Å²) in [6, 6.07) is 7.30. The molecule has 5 heteroatoms. The number of nitrogens with one attached hydrogen (secondary N) is 1. The van der Waals surface area contributed by atoms with E-state index < -0.39 is 0 Å². The molecule has 0 spiro atoms. The molecule has 4 nitrogen and oxygen atoms in total. The Kier molecular flexibility index (Phi) is 3.66. The number of carbonyl (C=O) groups is 2. The summed E-state index contributed by atoms with van der Waals surface area (Å²) in [5.74, 6) is 0.549. The van der Waals surface area contributed by atoms with E-state index in [1.54, 1.807) is 24.3 Å². The first-order chi connectivity index (χ1) is 9.63. The number of carbonyl (C=O) groups excluding carboxylic acids is 2. The fourth-order valence-electron chi connectivity index (χ4n) is 3.10. The number of hydrogen-bond donors (Lipinski definition) is 1. The van der Waals surface area contributed by atoms with Crippen LogP contribution in [0.1, 0.15) is 29.6 Å². The van der Waals surface area contributed by atoms with Gasteiger partial charge in [-0.1, -0.05) is 17.7 Å². The summed E-state index contributed by atoms with van der Waals surface area (Å²) in [6.07, 6.45) is 2.28. The predicted molar refractivity (Wildman–Crippen MR) is 76.6 cm³/mol. The third kappa shape index (κ3) is 2.66. The molecule has 1 N–H and O–H groups in total. The largest absolute Gasteiger partial charge is 0.353 e. The highest BCUT2D eigenvalue weighted by molar-refractivity contribution is 6.30. The fraction of sp³-hybridized carbons (Fsp3) is 0.467. The average Bonchev–Trinajstić information content (AvgIpc) is 2.46. The molecule has 2 saturated heterocycles. The maximum absolute atomic E-state index is 12.5. The van der Waals surface area contributed by atoms with Crippen molar-refractivity contribution in [2.24, 2.45) is 5.92 Å². The van der Waals surface area contributed by atoms with E-state index in [1.807, 2.05) is 4.90 Å². The minimum atomic E-state index is 0.0304. The van der Waals surface area contributed by atoms with E-state index in [4.69, 9.17) is 11.6 Å². The average molecular weight is 293 g/mol. The van der Waals surface area contributed by atoms with Gasteiger partial charge in [0, 0.05) is 36.1 Å². The molecule has 2 heterocycles. The van der Waals surface area contributed by atoms with Gasteiger partial charge in [0.2, 0.25) is 5.91 Å². The van der Waals surface area contributed by atoms with Gasteiger partial charge < -0.3 is 10.2 Å². The van der Waals surface area contributed by atoms with Crippen molar-refractivity contribution in [3.63, 3.8) is 0 Å². The van der Waals surface area contributed by atoms with Crippen LogP contribution in [0, 0.1) is 5.92 Å². The van der Waals surface area contributed by atoms with Crippen LogP contribution in [0.4, 0.5) is 0 Å². The van der Waals surface area contributed by atoms with Gasteiger partial charge >= 0.3 is 0 Å². The van der Waals surface area contributed by atoms with Gasteiger partial charge in [0.05, 0.1) is 0 Å². The standard InChI is InChI=1S/C15H17ClN2O2/c16-12-3-1-2-10(8-12)15(20)18-7-6-13-11(9-18)4-5-14(19)17-13/h1-3,8,11,13H,4-7,9H2,(H,17,19). The van der Waals surface area contributed by atoms with E-state index >= 15 is 0 Å². The monoisotopic (exact) mass is 292 g/mol. The van der Waals surface area contributed by atoms with E-state index in [9.17, 15) is 9.59 Å². The molecular weight excluding hydrogens is 276 g/mol. The van der Waals surface area contributed by atoms with Crippen molar-refractivity contribution in [1.82, 2.24) is 10.2 Å². The summed E-state index contributed by atoms with van der Waals surface area (Å²) in [6.45, 7) is 1.41. The van der Waals surface area contributed by atoms with E-state index in [0.717, 1.165) is 19.4 Å². The molecule has 2 fully saturated rings. The lowest BCUT2D eigenvalue weighted by Gasteiger charge is -2.41. The van der Waals surface area contributed by atoms with Crippen LogP contribution in [0.5, 0.6) is 0 Å². The maximum Gasteiger partial charge on any atom is 0.253 e. The minimum Gasteiger partial charge on any atom is -0.353 e. The second kappa shape index (κ2) is 5.44. The quantitative estimate of drug-likeness (QED) is 0.861. The maximum atomic E-state index is 12.5. The van der Waals surface area contributed by atoms with Crippen LogP contribution in [0.3, 0.4) is 0 Å². The Hall–Kier alpha value is -1.55. The normalized spacial score (nSPS) is 25.9. The van der Waals surface area contributed by atoms with Crippen molar-refractivity contribution < 1.29 is 9.59 Å². The van der Waals surface area contributed by atoms with Crippen molar-refractivity contribution in [3.8, 4) is 0 Å². The number of rotatable bonds is 1. The summed E-state index contributed by atoms with van der Waals surface area (Å²) in [5.41, 5.74) is 0.635. The molecule has 0 aromatic heterocycles. The molecule has 0 saturated carbocycles. The summed E-state index contributed by atoms with van der Waals surface area (Å²) in [7, 11) is 0. The van der Waals surface area contributed by atoms with Crippen LogP contribution >= 0.6 is 11.6 Å². The molecule has 20 heavy (non-hydrogen) atoms. The zero-order chi connectivity index (χ0) is 14.1. The molecule has 1 aromatic carbocycles. The Morgan fingerprint density at radius 1 is 1.35 bits per heavy atom. The topological polar surface area (TPSA) is 49.4 Å². The molecule has 0 bridgehead atoms. The van der Waals surface area contributed by atoms with Crippen LogP contribution in [0.2, 0.25) is 5.02 Å². The summed E-state index contributed by atoms with van der Waals surface area (Å²) in [5, 5.41) is 3.61. The van der Waals surface area contributed by atoms with Gasteiger partial charge in [-0.25, -0.2) is 0 Å². The lowest BCUT2D eigenvalue weighted by Crippen LogP contribution is -2.55. The van der Waals surface area contributed by atoms with Gasteiger partial charge in [-0.15, -0.1) is 0 Å². The van der Waals surface area contributed by atoms with Crippen molar-refractivity contribution in [2.75, 3.05) is 13.1 Å². The van der Waals surface area contributed by atoms with Gasteiger partial charge in [-0.05, 0) is 37.0 Å². The molecule has 1 aromatic rings. The van der Waals surface area contributed by atoms with Crippen molar-refractivity contribution in [3.05, 3.63) is 34.9 Å². The van der Waals surface area contributed by atoms with E-state index in [1.165, 1.54) is 0 Å². The van der Waals surface area contributed by atoms with Gasteiger partial charge in [0.15, 0.2) is 0 Å². The van der Waals surface area contributed by atoms with Crippen molar-refractivity contribution in [2.45, 2.75) is 25.3 Å². The Balaban J connectivity index is 1.70. The highest BCUT2D eigenvalue weighted by atomic mass is 35.5. The second-order valence-corrected chi connectivity index (χ2v) is 5.96. The minimum absolute atomic E-state index is 0.0304. The van der Waals surface area contributed by atoms with Crippen LogP contribution < -0.4 is 5.32 Å². The van der Waals surface area contributed by atoms with E-state index in [0.29, 0.717) is 29.5 Å². The zero-order valence-electron chi connectivity index (χ0n) is 11.1. The van der Waals surface area contributed by atoms with Crippen molar-refractivity contribution in [1.29, 1.82) is 0 Å². The van der Waals surface area contributed by atoms with Gasteiger partial charge in [0.25, 0.3) is 5.91 Å². The Morgan fingerprint density at radius 3 is 3.00 bits per heavy atom. The highest BCUT2D eigenvalue weighted by Crippen LogP contribution is 2.26. The van der Waals surface area contributed by atoms with Gasteiger partial charge in [-0.3, -0.25) is 9.59 Å². The zero-order valence-corrected chi connectivity index (χ0v) is 11.9. The molecule has 0 radical (unpaired) electrons. The Morgan fingerprint density at radius 2 is 2.20 bits per heavy atom. The predicted octanol–water partition coefficient (Wildman–Crippen LogP) is 2.08. The number of hydrogen-bond acceptors (Lipinski definition) is 2. The first kappa shape index (κ1) is 13.4. The van der Waals surface area contributed by atoms with Gasteiger partial charge in [-0.2, -0.15) is 0 Å². The summed E-state index contributed by atoms with van der Waals surface area (Å²) >= 11 is 5.94. The van der Waals surface area contributed by atoms with E-state index in [2.05, 4.69) is 5.32 Å². The van der Waals surface area contributed by atoms with Crippen LogP contribution in [-0.2, 0) is 4.79 Å². The first-order valence-corrected chi connectivity index (χ1v) is 7.35. The summed E-state index contributed by atoms with van der Waals surface area (Å²) in [4.78, 5) is 25.7. The highest BCUT2D eigenvalue weighted by Gasteiger charge is 2.35. The number of halogens is 1. The fourth-order valence-corrected chi connectivity index (χ4v) is 3.29. The molecule has 2 atom stereocenters. The second-order valence-electron chi connectivity index (χ2n) is 5.52. The molecule has 2 aliphatic rings. The SMILES string of the molecule is O=C1CCC2CN(C(=O)c3cccc(Cl)c3)CCC2N1. The smallest absolute Gasteiger partial charge is 0.253 e. The van der Waals surface area contributed by atoms with Crippen LogP contribution in [0.15, 0.2) is 24.3 Å². The molecule has 106 valence electrons.